The zero-order valence-corrected chi connectivity index (χ0v) is 15.5. The predicted octanol–water partition coefficient (Wildman–Crippen LogP) is 6.28. The Hall–Kier alpha value is -2.62. The van der Waals surface area contributed by atoms with Crippen LogP contribution in [0.15, 0.2) is 78.2 Å². The molecule has 0 amide bonds. The maximum absolute atomic E-state index is 11.9. The van der Waals surface area contributed by atoms with Gasteiger partial charge >= 0.3 is 0 Å². The number of hydrogen-bond donors (Lipinski definition) is 0. The van der Waals surface area contributed by atoms with E-state index in [4.69, 9.17) is 16.3 Å². The number of benzene rings is 2. The number of allylic oxidation sites excluding steroid dienone is 2. The molecule has 2 aromatic carbocycles. The van der Waals surface area contributed by atoms with Gasteiger partial charge < -0.3 is 4.74 Å². The highest BCUT2D eigenvalue weighted by Crippen LogP contribution is 2.19. The Morgan fingerprint density at radius 1 is 0.962 bits per heavy atom. The van der Waals surface area contributed by atoms with Crippen LogP contribution in [0.1, 0.15) is 16.0 Å². The van der Waals surface area contributed by atoms with E-state index in [9.17, 15) is 4.79 Å². The van der Waals surface area contributed by atoms with Crippen LogP contribution in [0.25, 0.3) is 12.2 Å². The Bertz CT molecular complexity index is 910. The topological polar surface area (TPSA) is 26.3 Å². The molecule has 1 aromatic heterocycles. The summed E-state index contributed by atoms with van der Waals surface area (Å²) in [5.74, 6) is 0.712. The van der Waals surface area contributed by atoms with Crippen LogP contribution in [0.5, 0.6) is 5.75 Å². The summed E-state index contributed by atoms with van der Waals surface area (Å²) in [6, 6.07) is 19.1. The third-order valence-corrected chi connectivity index (χ3v) is 4.83. The molecule has 0 aliphatic heterocycles. The fourth-order valence-electron chi connectivity index (χ4n) is 2.24. The standard InChI is InChI=1S/C22H17ClO2S/c23-22-6-2-1-4-18(22)16-25-20-12-8-17(9-13-20)7-10-19(24)11-14-21-5-3-15-26-21/h1-15H,16H2. The molecule has 0 spiro atoms. The summed E-state index contributed by atoms with van der Waals surface area (Å²) in [6.45, 7) is 0.418. The van der Waals surface area contributed by atoms with Gasteiger partial charge in [0.2, 0.25) is 0 Å². The molecule has 0 aliphatic carbocycles. The second kappa shape index (κ2) is 9.18. The van der Waals surface area contributed by atoms with E-state index in [-0.39, 0.29) is 5.78 Å². The minimum atomic E-state index is -0.0440. The lowest BCUT2D eigenvalue weighted by molar-refractivity contribution is -0.110. The number of ketones is 1. The van der Waals surface area contributed by atoms with Crippen molar-refractivity contribution in [3.8, 4) is 5.75 Å². The van der Waals surface area contributed by atoms with Gasteiger partial charge in [0.15, 0.2) is 5.78 Å². The van der Waals surface area contributed by atoms with Gasteiger partial charge in [0, 0.05) is 15.5 Å². The van der Waals surface area contributed by atoms with Crippen molar-refractivity contribution in [1.29, 1.82) is 0 Å². The van der Waals surface area contributed by atoms with Crippen LogP contribution in [-0.2, 0) is 11.4 Å². The summed E-state index contributed by atoms with van der Waals surface area (Å²) < 4.78 is 5.75. The van der Waals surface area contributed by atoms with Crippen LogP contribution < -0.4 is 4.74 Å². The van der Waals surface area contributed by atoms with Crippen molar-refractivity contribution in [3.05, 3.63) is 99.2 Å². The number of halogens is 1. The van der Waals surface area contributed by atoms with Gasteiger partial charge in [0.25, 0.3) is 0 Å². The number of thiophene rings is 1. The lowest BCUT2D eigenvalue weighted by Crippen LogP contribution is -1.95. The molecular formula is C22H17ClO2S. The quantitative estimate of drug-likeness (QED) is 0.451. The predicted molar refractivity (Wildman–Crippen MR) is 110 cm³/mol. The molecule has 0 fully saturated rings. The minimum Gasteiger partial charge on any atom is -0.489 e. The average molecular weight is 381 g/mol. The van der Waals surface area contributed by atoms with Crippen molar-refractivity contribution < 1.29 is 9.53 Å². The molecular weight excluding hydrogens is 364 g/mol. The van der Waals surface area contributed by atoms with Crippen LogP contribution in [0, 0.1) is 0 Å². The lowest BCUT2D eigenvalue weighted by atomic mass is 10.2. The van der Waals surface area contributed by atoms with E-state index in [2.05, 4.69) is 0 Å². The van der Waals surface area contributed by atoms with Crippen molar-refractivity contribution in [2.75, 3.05) is 0 Å². The van der Waals surface area contributed by atoms with Gasteiger partial charge in [-0.1, -0.05) is 54.1 Å². The van der Waals surface area contributed by atoms with Crippen molar-refractivity contribution in [3.63, 3.8) is 0 Å². The summed E-state index contributed by atoms with van der Waals surface area (Å²) in [6.07, 6.45) is 6.75. The SMILES string of the molecule is O=C(C=Cc1ccc(OCc2ccccc2Cl)cc1)C=Cc1cccs1. The van der Waals surface area contributed by atoms with Gasteiger partial charge in [-0.15, -0.1) is 11.3 Å². The molecule has 0 saturated heterocycles. The first kappa shape index (κ1) is 18.2. The molecule has 0 unspecified atom stereocenters. The molecule has 26 heavy (non-hydrogen) atoms. The van der Waals surface area contributed by atoms with Gasteiger partial charge in [0.05, 0.1) is 0 Å². The molecule has 0 N–H and O–H groups in total. The molecule has 130 valence electrons. The highest BCUT2D eigenvalue weighted by Gasteiger charge is 2.00. The second-order valence-corrected chi connectivity index (χ2v) is 6.92. The second-order valence-electron chi connectivity index (χ2n) is 5.53. The van der Waals surface area contributed by atoms with Crippen molar-refractivity contribution in [1.82, 2.24) is 0 Å². The lowest BCUT2D eigenvalue weighted by Gasteiger charge is -2.07. The van der Waals surface area contributed by atoms with E-state index in [0.717, 1.165) is 21.8 Å². The zero-order valence-electron chi connectivity index (χ0n) is 14.0. The molecule has 0 saturated carbocycles. The molecule has 3 aromatic rings. The van der Waals surface area contributed by atoms with Gasteiger partial charge in [-0.25, -0.2) is 0 Å². The fourth-order valence-corrected chi connectivity index (χ4v) is 3.04. The molecule has 1 heterocycles. The van der Waals surface area contributed by atoms with E-state index in [0.29, 0.717) is 11.6 Å². The largest absolute Gasteiger partial charge is 0.489 e. The molecule has 0 radical (unpaired) electrons. The fraction of sp³-hybridized carbons (Fsp3) is 0.0455. The van der Waals surface area contributed by atoms with Gasteiger partial charge in [-0.05, 0) is 53.4 Å². The zero-order chi connectivity index (χ0) is 18.2. The van der Waals surface area contributed by atoms with Crippen LogP contribution in [0.2, 0.25) is 5.02 Å². The molecule has 0 bridgehead atoms. The van der Waals surface area contributed by atoms with Gasteiger partial charge in [-0.2, -0.15) is 0 Å². The maximum atomic E-state index is 11.9. The van der Waals surface area contributed by atoms with Gasteiger partial charge in [0.1, 0.15) is 12.4 Å². The third-order valence-electron chi connectivity index (χ3n) is 3.63. The Labute approximate surface area is 162 Å². The van der Waals surface area contributed by atoms with Crippen LogP contribution in [0.3, 0.4) is 0 Å². The number of carbonyl (C=O) groups excluding carboxylic acids is 1. The third kappa shape index (κ3) is 5.45. The first-order chi connectivity index (χ1) is 12.7. The molecule has 2 nitrogen and oxygen atoms in total. The molecule has 0 atom stereocenters. The molecule has 3 rings (SSSR count). The number of ether oxygens (including phenoxy) is 1. The summed E-state index contributed by atoms with van der Waals surface area (Å²) >= 11 is 7.72. The van der Waals surface area contributed by atoms with E-state index in [1.165, 1.54) is 0 Å². The summed E-state index contributed by atoms with van der Waals surface area (Å²) in [7, 11) is 0. The van der Waals surface area contributed by atoms with Crippen LogP contribution >= 0.6 is 22.9 Å². The first-order valence-electron chi connectivity index (χ1n) is 8.10. The Balaban J connectivity index is 1.54. The minimum absolute atomic E-state index is 0.0440. The van der Waals surface area contributed by atoms with Gasteiger partial charge in [-0.3, -0.25) is 4.79 Å². The van der Waals surface area contributed by atoms with E-state index >= 15 is 0 Å². The van der Waals surface area contributed by atoms with E-state index < -0.39 is 0 Å². The summed E-state index contributed by atoms with van der Waals surface area (Å²) in [5.41, 5.74) is 1.88. The van der Waals surface area contributed by atoms with Crippen molar-refractivity contribution in [2.45, 2.75) is 6.61 Å². The maximum Gasteiger partial charge on any atom is 0.178 e. The Kier molecular flexibility index (Phi) is 6.42. The number of carbonyl (C=O) groups is 1. The number of rotatable bonds is 7. The number of hydrogen-bond acceptors (Lipinski definition) is 3. The normalized spacial score (nSPS) is 11.3. The van der Waals surface area contributed by atoms with Crippen molar-refractivity contribution >= 4 is 40.9 Å². The highest BCUT2D eigenvalue weighted by molar-refractivity contribution is 7.10. The first-order valence-corrected chi connectivity index (χ1v) is 9.36. The van der Waals surface area contributed by atoms with Crippen LogP contribution in [-0.4, -0.2) is 5.78 Å². The van der Waals surface area contributed by atoms with E-state index in [1.807, 2.05) is 72.1 Å². The Morgan fingerprint density at radius 2 is 1.73 bits per heavy atom. The average Bonchev–Trinajstić information content (AvgIpc) is 3.18. The highest BCUT2D eigenvalue weighted by atomic mass is 35.5. The van der Waals surface area contributed by atoms with E-state index in [1.54, 1.807) is 29.6 Å². The summed E-state index contributed by atoms with van der Waals surface area (Å²) in [4.78, 5) is 12.9. The van der Waals surface area contributed by atoms with Crippen molar-refractivity contribution in [2.24, 2.45) is 0 Å². The Morgan fingerprint density at radius 3 is 2.46 bits per heavy atom. The molecule has 4 heteroatoms. The molecule has 0 aliphatic rings. The smallest absolute Gasteiger partial charge is 0.178 e. The monoisotopic (exact) mass is 380 g/mol. The summed E-state index contributed by atoms with van der Waals surface area (Å²) in [5, 5.41) is 2.68. The van der Waals surface area contributed by atoms with Crippen LogP contribution in [0.4, 0.5) is 0 Å².